The molecule has 2 aromatic rings. The summed E-state index contributed by atoms with van der Waals surface area (Å²) in [5, 5.41) is 10.7. The Balaban J connectivity index is 2.04. The molecule has 0 unspecified atom stereocenters. The van der Waals surface area contributed by atoms with E-state index >= 15 is 0 Å². The summed E-state index contributed by atoms with van der Waals surface area (Å²) in [5.41, 5.74) is 3.31. The second kappa shape index (κ2) is 4.86. The summed E-state index contributed by atoms with van der Waals surface area (Å²) < 4.78 is 1.83. The van der Waals surface area contributed by atoms with E-state index in [-0.39, 0.29) is 0 Å². The Labute approximate surface area is 101 Å². The molecule has 0 aliphatic rings. The minimum atomic E-state index is 0.771. The van der Waals surface area contributed by atoms with Crippen LogP contribution in [0.4, 0.5) is 11.5 Å². The van der Waals surface area contributed by atoms with E-state index < -0.39 is 0 Å². The van der Waals surface area contributed by atoms with E-state index in [2.05, 4.69) is 20.7 Å². The number of nitrogens with one attached hydrogen (secondary N) is 2. The fourth-order valence-corrected chi connectivity index (χ4v) is 1.70. The molecular formula is C12H17N5. The van der Waals surface area contributed by atoms with Gasteiger partial charge in [-0.15, -0.1) is 0 Å². The zero-order valence-electron chi connectivity index (χ0n) is 10.4. The van der Waals surface area contributed by atoms with E-state index in [0.29, 0.717) is 0 Å². The van der Waals surface area contributed by atoms with Crippen LogP contribution >= 0.6 is 0 Å². The molecule has 0 radical (unpaired) electrons. The van der Waals surface area contributed by atoms with Crippen LogP contribution in [0.25, 0.3) is 0 Å². The van der Waals surface area contributed by atoms with E-state index in [1.807, 2.05) is 44.0 Å². The first-order valence-electron chi connectivity index (χ1n) is 5.56. The minimum absolute atomic E-state index is 0.771. The van der Waals surface area contributed by atoms with Crippen LogP contribution in [0.5, 0.6) is 0 Å². The summed E-state index contributed by atoms with van der Waals surface area (Å²) in [7, 11) is 3.79. The highest BCUT2D eigenvalue weighted by Crippen LogP contribution is 2.13. The zero-order chi connectivity index (χ0) is 12.3. The van der Waals surface area contributed by atoms with Crippen molar-refractivity contribution in [1.82, 2.24) is 14.8 Å². The Bertz CT molecular complexity index is 503. The lowest BCUT2D eigenvalue weighted by Gasteiger charge is -2.06. The number of pyridine rings is 1. The Morgan fingerprint density at radius 2 is 2.24 bits per heavy atom. The highest BCUT2D eigenvalue weighted by molar-refractivity contribution is 5.51. The summed E-state index contributed by atoms with van der Waals surface area (Å²) in [4.78, 5) is 4.17. The molecule has 0 aromatic carbocycles. The van der Waals surface area contributed by atoms with Crippen LogP contribution in [-0.4, -0.2) is 21.8 Å². The van der Waals surface area contributed by atoms with Crippen LogP contribution in [0.1, 0.15) is 11.3 Å². The number of aromatic nitrogens is 3. The minimum Gasteiger partial charge on any atom is -0.381 e. The van der Waals surface area contributed by atoms with Crippen molar-refractivity contribution in [3.05, 3.63) is 35.8 Å². The number of nitrogens with zero attached hydrogens (tertiary/aromatic N) is 3. The highest BCUT2D eigenvalue weighted by atomic mass is 15.2. The molecule has 0 bridgehead atoms. The van der Waals surface area contributed by atoms with Crippen molar-refractivity contribution >= 4 is 11.5 Å². The molecule has 0 amide bonds. The zero-order valence-corrected chi connectivity index (χ0v) is 10.4. The van der Waals surface area contributed by atoms with Gasteiger partial charge in [-0.2, -0.15) is 5.10 Å². The molecule has 0 saturated heterocycles. The Kier molecular flexibility index (Phi) is 3.27. The standard InChI is InChI=1S/C12H17N5/c1-9-10(8-17(3)16-9)7-15-11-4-5-14-12(6-11)13-2/h4-6,8H,7H2,1-3H3,(H2,13,14,15). The third-order valence-electron chi connectivity index (χ3n) is 2.61. The molecule has 0 spiro atoms. The van der Waals surface area contributed by atoms with Gasteiger partial charge in [0.15, 0.2) is 0 Å². The number of anilines is 2. The predicted octanol–water partition coefficient (Wildman–Crippen LogP) is 1.78. The topological polar surface area (TPSA) is 54.8 Å². The number of rotatable bonds is 4. The van der Waals surface area contributed by atoms with Gasteiger partial charge in [-0.1, -0.05) is 0 Å². The van der Waals surface area contributed by atoms with Crippen molar-refractivity contribution in [1.29, 1.82) is 0 Å². The average Bonchev–Trinajstić information content (AvgIpc) is 2.65. The van der Waals surface area contributed by atoms with Gasteiger partial charge in [-0.05, 0) is 13.0 Å². The molecule has 0 fully saturated rings. The maximum atomic E-state index is 4.31. The normalized spacial score (nSPS) is 10.3. The molecule has 2 N–H and O–H groups in total. The van der Waals surface area contributed by atoms with Crippen molar-refractivity contribution in [3.8, 4) is 0 Å². The van der Waals surface area contributed by atoms with Gasteiger partial charge >= 0.3 is 0 Å². The molecule has 2 aromatic heterocycles. The molecule has 0 aliphatic heterocycles. The van der Waals surface area contributed by atoms with E-state index in [1.54, 1.807) is 6.20 Å². The molecule has 2 heterocycles. The predicted molar refractivity (Wildman–Crippen MR) is 69.1 cm³/mol. The lowest BCUT2D eigenvalue weighted by Crippen LogP contribution is -2.01. The maximum Gasteiger partial charge on any atom is 0.127 e. The molecule has 0 atom stereocenters. The van der Waals surface area contributed by atoms with E-state index in [1.165, 1.54) is 5.56 Å². The Hall–Kier alpha value is -2.04. The molecule has 5 nitrogen and oxygen atoms in total. The van der Waals surface area contributed by atoms with Gasteiger partial charge in [-0.25, -0.2) is 4.98 Å². The van der Waals surface area contributed by atoms with Gasteiger partial charge < -0.3 is 10.6 Å². The van der Waals surface area contributed by atoms with E-state index in [9.17, 15) is 0 Å². The van der Waals surface area contributed by atoms with Crippen molar-refractivity contribution in [3.63, 3.8) is 0 Å². The van der Waals surface area contributed by atoms with Gasteiger partial charge in [-0.3, -0.25) is 4.68 Å². The fraction of sp³-hybridized carbons (Fsp3) is 0.333. The second-order valence-corrected chi connectivity index (χ2v) is 3.95. The van der Waals surface area contributed by atoms with Crippen LogP contribution in [0.2, 0.25) is 0 Å². The van der Waals surface area contributed by atoms with Crippen molar-refractivity contribution in [2.24, 2.45) is 7.05 Å². The number of hydrogen-bond acceptors (Lipinski definition) is 4. The largest absolute Gasteiger partial charge is 0.381 e. The third kappa shape index (κ3) is 2.75. The summed E-state index contributed by atoms with van der Waals surface area (Å²) in [6.07, 6.45) is 3.81. The number of aryl methyl sites for hydroxylation is 2. The molecule has 0 saturated carbocycles. The van der Waals surface area contributed by atoms with Crippen LogP contribution < -0.4 is 10.6 Å². The van der Waals surface area contributed by atoms with Gasteiger partial charge in [0.1, 0.15) is 5.82 Å². The van der Waals surface area contributed by atoms with Crippen LogP contribution in [0.3, 0.4) is 0 Å². The van der Waals surface area contributed by atoms with Gasteiger partial charge in [0.25, 0.3) is 0 Å². The first-order chi connectivity index (χ1) is 8.19. The van der Waals surface area contributed by atoms with Crippen LogP contribution in [-0.2, 0) is 13.6 Å². The van der Waals surface area contributed by atoms with Crippen molar-refractivity contribution < 1.29 is 0 Å². The SMILES string of the molecule is CNc1cc(NCc2cn(C)nc2C)ccn1. The van der Waals surface area contributed by atoms with Gasteiger partial charge in [0.05, 0.1) is 5.69 Å². The lowest BCUT2D eigenvalue weighted by molar-refractivity contribution is 0.756. The Morgan fingerprint density at radius 3 is 2.88 bits per heavy atom. The van der Waals surface area contributed by atoms with Gasteiger partial charge in [0.2, 0.25) is 0 Å². The van der Waals surface area contributed by atoms with E-state index in [4.69, 9.17) is 0 Å². The van der Waals surface area contributed by atoms with Crippen molar-refractivity contribution in [2.45, 2.75) is 13.5 Å². The van der Waals surface area contributed by atoms with Crippen LogP contribution in [0.15, 0.2) is 24.5 Å². The summed E-state index contributed by atoms with van der Waals surface area (Å²) in [5.74, 6) is 0.859. The molecule has 17 heavy (non-hydrogen) atoms. The lowest BCUT2D eigenvalue weighted by atomic mass is 10.2. The first-order valence-corrected chi connectivity index (χ1v) is 5.56. The molecule has 2 rings (SSSR count). The smallest absolute Gasteiger partial charge is 0.127 e. The molecule has 5 heteroatoms. The maximum absolute atomic E-state index is 4.31. The summed E-state index contributed by atoms with van der Waals surface area (Å²) in [6, 6.07) is 3.93. The molecular weight excluding hydrogens is 214 g/mol. The second-order valence-electron chi connectivity index (χ2n) is 3.95. The summed E-state index contributed by atoms with van der Waals surface area (Å²) in [6.45, 7) is 2.79. The monoisotopic (exact) mass is 231 g/mol. The third-order valence-corrected chi connectivity index (χ3v) is 2.61. The van der Waals surface area contributed by atoms with Crippen LogP contribution in [0, 0.1) is 6.92 Å². The summed E-state index contributed by atoms with van der Waals surface area (Å²) >= 11 is 0. The van der Waals surface area contributed by atoms with Gasteiger partial charge in [0, 0.05) is 50.4 Å². The fourth-order valence-electron chi connectivity index (χ4n) is 1.70. The van der Waals surface area contributed by atoms with Crippen molar-refractivity contribution in [2.75, 3.05) is 17.7 Å². The quantitative estimate of drug-likeness (QED) is 0.842. The Morgan fingerprint density at radius 1 is 1.41 bits per heavy atom. The molecule has 0 aliphatic carbocycles. The number of hydrogen-bond donors (Lipinski definition) is 2. The first kappa shape index (κ1) is 11.4. The molecule has 90 valence electrons. The highest BCUT2D eigenvalue weighted by Gasteiger charge is 2.02. The van der Waals surface area contributed by atoms with E-state index in [0.717, 1.165) is 23.7 Å². The average molecular weight is 231 g/mol.